The Labute approximate surface area is 179 Å². The number of hydrogen-bond acceptors (Lipinski definition) is 0. The van der Waals surface area contributed by atoms with E-state index in [-0.39, 0.29) is 0 Å². The quantitative estimate of drug-likeness (QED) is 0.440. The number of benzene rings is 3. The molecule has 0 aliphatic carbocycles. The Balaban J connectivity index is 1.89. The first-order chi connectivity index (χ1) is 13.9. The van der Waals surface area contributed by atoms with Gasteiger partial charge in [0.1, 0.15) is 0 Å². The molecule has 0 radical (unpaired) electrons. The Kier molecular flexibility index (Phi) is 7.35. The normalized spacial score (nSPS) is 23.2. The van der Waals surface area contributed by atoms with Crippen molar-refractivity contribution in [2.24, 2.45) is 0 Å². The fourth-order valence-corrected chi connectivity index (χ4v) is 67.5. The van der Waals surface area contributed by atoms with Gasteiger partial charge in [0.25, 0.3) is 0 Å². The van der Waals surface area contributed by atoms with Crippen LogP contribution in [-0.2, 0) is 0 Å². The van der Waals surface area contributed by atoms with Crippen molar-refractivity contribution in [1.29, 1.82) is 0 Å². The van der Waals surface area contributed by atoms with Crippen LogP contribution in [0.4, 0.5) is 0 Å². The minimum absolute atomic E-state index is 1.23. The van der Waals surface area contributed by atoms with Crippen LogP contribution in [0.3, 0.4) is 0 Å². The van der Waals surface area contributed by atoms with Crippen molar-refractivity contribution in [2.45, 2.75) is 5.21 Å². The van der Waals surface area contributed by atoms with Crippen molar-refractivity contribution >= 4 is 48.7 Å². The van der Waals surface area contributed by atoms with E-state index in [1.54, 1.807) is 13.1 Å². The molecule has 28 heavy (non-hydrogen) atoms. The molecule has 138 valence electrons. The summed E-state index contributed by atoms with van der Waals surface area (Å²) in [5, 5.41) is 1.27. The zero-order valence-electron chi connectivity index (χ0n) is 15.7. The predicted octanol–water partition coefficient (Wildman–Crippen LogP) is 3.57. The van der Waals surface area contributed by atoms with Crippen LogP contribution in [0.25, 0.3) is 0 Å². The van der Waals surface area contributed by atoms with Gasteiger partial charge in [0, 0.05) is 0 Å². The molecule has 0 amide bonds. The fourth-order valence-electron chi connectivity index (χ4n) is 3.17. The maximum atomic E-state index is 2.62. The van der Waals surface area contributed by atoms with Gasteiger partial charge in [0.2, 0.25) is 0 Å². The van der Waals surface area contributed by atoms with Crippen LogP contribution in [0.1, 0.15) is 0 Å². The van der Waals surface area contributed by atoms with Crippen molar-refractivity contribution < 1.29 is 0 Å². The van der Waals surface area contributed by atoms with E-state index in [0.717, 1.165) is 0 Å². The minimum atomic E-state index is -1.32. The Morgan fingerprint density at radius 2 is 1.04 bits per heavy atom. The first kappa shape index (κ1) is 19.9. The van der Waals surface area contributed by atoms with E-state index < -0.39 is 35.7 Å². The summed E-state index contributed by atoms with van der Waals surface area (Å²) in [5.74, 6) is 0. The van der Waals surface area contributed by atoms with Crippen LogP contribution in [0, 0.1) is 0 Å². The number of hydrogen-bond donors (Lipinski definition) is 0. The summed E-state index contributed by atoms with van der Waals surface area (Å²) >= 11 is -2.55. The van der Waals surface area contributed by atoms with E-state index in [0.29, 0.717) is 0 Å². The van der Waals surface area contributed by atoms with Crippen LogP contribution in [-0.4, -0.2) is 35.7 Å². The summed E-state index contributed by atoms with van der Waals surface area (Å²) in [5.41, 5.74) is 0. The van der Waals surface area contributed by atoms with E-state index in [4.69, 9.17) is 0 Å². The van der Waals surface area contributed by atoms with Crippen LogP contribution in [0.15, 0.2) is 126 Å². The van der Waals surface area contributed by atoms with Crippen LogP contribution < -0.4 is 13.1 Å². The Morgan fingerprint density at radius 1 is 0.500 bits per heavy atom. The zero-order chi connectivity index (χ0) is 19.0. The standard InChI is InChI=1S/C25H23As3/c1-2-13-21-26(23-15-7-4-8-16-23)28(25-19-11-6-12-20-25)27(22-14-3-1)24-17-9-5-10-18-24/h1-21H,22H2/b2-1?,14-3?,21-13+. The van der Waals surface area contributed by atoms with Gasteiger partial charge in [-0.15, -0.1) is 0 Å². The third kappa shape index (κ3) is 4.93. The first-order valence-electron chi connectivity index (χ1n) is 9.45. The molecule has 3 aromatic rings. The zero-order valence-corrected chi connectivity index (χ0v) is 21.3. The molecule has 0 bridgehead atoms. The Bertz CT molecular complexity index is 947. The molecule has 3 atom stereocenters. The van der Waals surface area contributed by atoms with Gasteiger partial charge in [-0.05, 0) is 0 Å². The predicted molar refractivity (Wildman–Crippen MR) is 128 cm³/mol. The van der Waals surface area contributed by atoms with Crippen LogP contribution >= 0.6 is 0 Å². The first-order valence-corrected chi connectivity index (χ1v) is 25.1. The molecular formula is C25H23As3. The molecule has 3 aromatic carbocycles. The molecule has 4 rings (SSSR count). The van der Waals surface area contributed by atoms with Crippen molar-refractivity contribution in [3.8, 4) is 0 Å². The summed E-state index contributed by atoms with van der Waals surface area (Å²) in [6.07, 6.45) is 11.4. The van der Waals surface area contributed by atoms with Crippen LogP contribution in [0.5, 0.6) is 0 Å². The molecular weight excluding hydrogens is 525 g/mol. The molecule has 0 N–H and O–H groups in total. The van der Waals surface area contributed by atoms with E-state index in [1.165, 1.54) is 5.21 Å². The monoisotopic (exact) mass is 548 g/mol. The SMILES string of the molecule is C1=C/C=C/[As](c2ccccc2)[As](c2ccccc2)[As](c2ccccc2)CC=C1. The molecule has 0 aromatic heterocycles. The molecule has 3 unspecified atom stereocenters. The molecule has 0 spiro atoms. The molecule has 0 fully saturated rings. The summed E-state index contributed by atoms with van der Waals surface area (Å²) in [4.78, 5) is 2.62. The van der Waals surface area contributed by atoms with Gasteiger partial charge >= 0.3 is 180 Å². The second-order valence-corrected chi connectivity index (χ2v) is 41.8. The van der Waals surface area contributed by atoms with Crippen molar-refractivity contribution in [3.05, 3.63) is 126 Å². The molecule has 0 nitrogen and oxygen atoms in total. The summed E-state index contributed by atoms with van der Waals surface area (Å²) in [6.45, 7) is 0. The van der Waals surface area contributed by atoms with E-state index >= 15 is 0 Å². The van der Waals surface area contributed by atoms with Gasteiger partial charge in [0.15, 0.2) is 0 Å². The molecule has 1 heterocycles. The molecule has 0 saturated carbocycles. The van der Waals surface area contributed by atoms with Crippen LogP contribution in [0.2, 0.25) is 5.21 Å². The van der Waals surface area contributed by atoms with Gasteiger partial charge < -0.3 is 0 Å². The number of rotatable bonds is 3. The third-order valence-corrected chi connectivity index (χ3v) is 59.5. The van der Waals surface area contributed by atoms with Gasteiger partial charge in [0.05, 0.1) is 0 Å². The molecule has 1 aliphatic rings. The van der Waals surface area contributed by atoms with Gasteiger partial charge in [-0.25, -0.2) is 0 Å². The van der Waals surface area contributed by atoms with Crippen molar-refractivity contribution in [2.75, 3.05) is 0 Å². The third-order valence-electron chi connectivity index (χ3n) is 4.47. The Morgan fingerprint density at radius 3 is 1.68 bits per heavy atom. The Hall–Kier alpha value is -1.44. The molecule has 3 heteroatoms. The summed E-state index contributed by atoms with van der Waals surface area (Å²) in [6, 6.07) is 34.3. The fraction of sp³-hybridized carbons (Fsp3) is 0.0400. The van der Waals surface area contributed by atoms with E-state index in [2.05, 4.69) is 126 Å². The summed E-state index contributed by atoms with van der Waals surface area (Å²) in [7, 11) is -1.26. The summed E-state index contributed by atoms with van der Waals surface area (Å²) < 4.78 is 4.94. The van der Waals surface area contributed by atoms with Crippen molar-refractivity contribution in [1.82, 2.24) is 0 Å². The molecule has 0 saturated heterocycles. The van der Waals surface area contributed by atoms with Gasteiger partial charge in [-0.1, -0.05) is 0 Å². The van der Waals surface area contributed by atoms with E-state index in [9.17, 15) is 0 Å². The van der Waals surface area contributed by atoms with Gasteiger partial charge in [-0.2, -0.15) is 0 Å². The van der Waals surface area contributed by atoms with Gasteiger partial charge in [-0.3, -0.25) is 0 Å². The maximum absolute atomic E-state index is 2.62. The average molecular weight is 548 g/mol. The average Bonchev–Trinajstić information content (AvgIpc) is 2.78. The topological polar surface area (TPSA) is 0 Å². The second kappa shape index (κ2) is 10.4. The second-order valence-electron chi connectivity index (χ2n) is 6.38. The number of allylic oxidation sites excluding steroid dienone is 5. The molecule has 1 aliphatic heterocycles. The van der Waals surface area contributed by atoms with Crippen molar-refractivity contribution in [3.63, 3.8) is 0 Å². The van der Waals surface area contributed by atoms with E-state index in [1.807, 2.05) is 0 Å².